The summed E-state index contributed by atoms with van der Waals surface area (Å²) in [5.74, 6) is -0.00344. The van der Waals surface area contributed by atoms with Crippen LogP contribution < -0.4 is 4.72 Å². The first-order valence-corrected chi connectivity index (χ1v) is 11.6. The number of hydrogen-bond donors (Lipinski definition) is 1. The fraction of sp³-hybridized carbons (Fsp3) is 0.304. The van der Waals surface area contributed by atoms with Crippen LogP contribution in [-0.2, 0) is 35.8 Å². The van der Waals surface area contributed by atoms with E-state index >= 15 is 0 Å². The molecule has 0 saturated carbocycles. The van der Waals surface area contributed by atoms with E-state index in [9.17, 15) is 8.42 Å². The van der Waals surface area contributed by atoms with E-state index in [1.165, 1.54) is 11.1 Å². The largest absolute Gasteiger partial charge is 0.353 e. The average molecular weight is 410 g/mol. The van der Waals surface area contributed by atoms with Gasteiger partial charge >= 0.3 is 0 Å². The van der Waals surface area contributed by atoms with E-state index in [1.807, 2.05) is 49.6 Å². The van der Waals surface area contributed by atoms with Crippen molar-refractivity contribution in [1.82, 2.24) is 14.2 Å². The summed E-state index contributed by atoms with van der Waals surface area (Å²) in [6.45, 7) is 2.09. The van der Waals surface area contributed by atoms with Gasteiger partial charge in [0, 0.05) is 38.6 Å². The minimum atomic E-state index is -3.42. The SMILES string of the molecule is Cn1cccc1[C@@H](CNS(=O)(=O)Cc1ccccc1)N1CCc2ccccc2C1. The van der Waals surface area contributed by atoms with Crippen LogP contribution in [-0.4, -0.2) is 31.0 Å². The van der Waals surface area contributed by atoms with Gasteiger partial charge in [0.2, 0.25) is 10.0 Å². The Labute approximate surface area is 173 Å². The third-order valence-corrected chi connectivity index (χ3v) is 6.94. The van der Waals surface area contributed by atoms with E-state index in [4.69, 9.17) is 0 Å². The lowest BCUT2D eigenvalue weighted by Gasteiger charge is -2.36. The van der Waals surface area contributed by atoms with Gasteiger partial charge in [-0.2, -0.15) is 0 Å². The molecule has 1 aromatic heterocycles. The zero-order valence-corrected chi connectivity index (χ0v) is 17.5. The quantitative estimate of drug-likeness (QED) is 0.652. The molecular weight excluding hydrogens is 382 g/mol. The normalized spacial score (nSPS) is 15.8. The fourth-order valence-corrected chi connectivity index (χ4v) is 5.22. The minimum Gasteiger partial charge on any atom is -0.353 e. The number of aryl methyl sites for hydroxylation is 1. The maximum Gasteiger partial charge on any atom is 0.215 e. The second-order valence-electron chi connectivity index (χ2n) is 7.64. The molecule has 152 valence electrons. The zero-order chi connectivity index (χ0) is 20.3. The maximum atomic E-state index is 12.7. The summed E-state index contributed by atoms with van der Waals surface area (Å²) in [6, 6.07) is 21.9. The van der Waals surface area contributed by atoms with Gasteiger partial charge in [0.25, 0.3) is 0 Å². The first-order valence-electron chi connectivity index (χ1n) is 9.95. The van der Waals surface area contributed by atoms with Gasteiger partial charge in [0.1, 0.15) is 0 Å². The molecule has 1 aliphatic rings. The van der Waals surface area contributed by atoms with Crippen LogP contribution in [0.25, 0.3) is 0 Å². The maximum absolute atomic E-state index is 12.7. The summed E-state index contributed by atoms with van der Waals surface area (Å²) in [7, 11) is -1.41. The van der Waals surface area contributed by atoms with Crippen molar-refractivity contribution < 1.29 is 8.42 Å². The number of rotatable bonds is 7. The Kier molecular flexibility index (Phi) is 5.85. The lowest BCUT2D eigenvalue weighted by atomic mass is 9.98. The van der Waals surface area contributed by atoms with Crippen molar-refractivity contribution in [3.05, 3.63) is 95.3 Å². The fourth-order valence-electron chi connectivity index (χ4n) is 4.08. The Morgan fingerprint density at radius 2 is 1.69 bits per heavy atom. The summed E-state index contributed by atoms with van der Waals surface area (Å²) < 4.78 is 30.3. The molecule has 1 N–H and O–H groups in total. The molecule has 0 saturated heterocycles. The molecule has 2 aromatic carbocycles. The Balaban J connectivity index is 1.52. The summed E-state index contributed by atoms with van der Waals surface area (Å²) >= 11 is 0. The lowest BCUT2D eigenvalue weighted by molar-refractivity contribution is 0.174. The number of fused-ring (bicyclic) bond motifs is 1. The first-order chi connectivity index (χ1) is 14.0. The van der Waals surface area contributed by atoms with Crippen LogP contribution in [0.2, 0.25) is 0 Å². The lowest BCUT2D eigenvalue weighted by Crippen LogP contribution is -2.41. The van der Waals surface area contributed by atoms with Crippen molar-refractivity contribution in [1.29, 1.82) is 0 Å². The van der Waals surface area contributed by atoms with Crippen LogP contribution in [0.4, 0.5) is 0 Å². The molecule has 6 heteroatoms. The highest BCUT2D eigenvalue weighted by atomic mass is 32.2. The number of sulfonamides is 1. The zero-order valence-electron chi connectivity index (χ0n) is 16.7. The average Bonchev–Trinajstić information content (AvgIpc) is 3.14. The number of nitrogens with zero attached hydrogens (tertiary/aromatic N) is 2. The smallest absolute Gasteiger partial charge is 0.215 e. The molecule has 0 unspecified atom stereocenters. The van der Waals surface area contributed by atoms with Crippen molar-refractivity contribution in [3.8, 4) is 0 Å². The predicted molar refractivity (Wildman–Crippen MR) is 116 cm³/mol. The third kappa shape index (κ3) is 4.78. The molecule has 3 aromatic rings. The van der Waals surface area contributed by atoms with Crippen molar-refractivity contribution in [2.45, 2.75) is 24.8 Å². The second kappa shape index (κ2) is 8.53. The summed E-state index contributed by atoms with van der Waals surface area (Å²) in [6.07, 6.45) is 2.99. The number of hydrogen-bond acceptors (Lipinski definition) is 3. The van der Waals surface area contributed by atoms with E-state index in [1.54, 1.807) is 0 Å². The van der Waals surface area contributed by atoms with Crippen molar-refractivity contribution >= 4 is 10.0 Å². The summed E-state index contributed by atoms with van der Waals surface area (Å²) in [4.78, 5) is 2.38. The number of aromatic nitrogens is 1. The molecule has 0 fully saturated rings. The minimum absolute atomic E-state index is 0.00344. The van der Waals surface area contributed by atoms with Gasteiger partial charge in [-0.1, -0.05) is 54.6 Å². The van der Waals surface area contributed by atoms with Crippen LogP contribution in [0.1, 0.15) is 28.4 Å². The Hall–Kier alpha value is -2.41. The van der Waals surface area contributed by atoms with Crippen LogP contribution in [0, 0.1) is 0 Å². The molecule has 5 nitrogen and oxygen atoms in total. The number of nitrogens with one attached hydrogen (secondary N) is 1. The standard InChI is InChI=1S/C23H27N3O2S/c1-25-14-7-12-22(25)23(26-15-13-20-10-5-6-11-21(20)17-26)16-24-29(27,28)18-19-8-3-2-4-9-19/h2-12,14,23-24H,13,15-18H2,1H3/t23-/m1/s1. The van der Waals surface area contributed by atoms with E-state index in [0.717, 1.165) is 30.8 Å². The first kappa shape index (κ1) is 19.9. The molecule has 0 amide bonds. The summed E-state index contributed by atoms with van der Waals surface area (Å²) in [5.41, 5.74) is 4.62. The van der Waals surface area contributed by atoms with Gasteiger partial charge in [-0.15, -0.1) is 0 Å². The number of benzene rings is 2. The monoisotopic (exact) mass is 409 g/mol. The molecule has 0 spiro atoms. The molecule has 4 rings (SSSR count). The molecule has 0 radical (unpaired) electrons. The predicted octanol–water partition coefficient (Wildman–Crippen LogP) is 3.24. The molecular formula is C23H27N3O2S. The highest BCUT2D eigenvalue weighted by molar-refractivity contribution is 7.88. The van der Waals surface area contributed by atoms with Crippen molar-refractivity contribution in [2.24, 2.45) is 7.05 Å². The van der Waals surface area contributed by atoms with Gasteiger partial charge in [-0.25, -0.2) is 13.1 Å². The van der Waals surface area contributed by atoms with Crippen LogP contribution in [0.3, 0.4) is 0 Å². The molecule has 29 heavy (non-hydrogen) atoms. The third-order valence-electron chi connectivity index (χ3n) is 5.62. The Morgan fingerprint density at radius 1 is 0.966 bits per heavy atom. The molecule has 0 aliphatic carbocycles. The van der Waals surface area contributed by atoms with E-state index < -0.39 is 10.0 Å². The Bertz CT molecular complexity index is 1060. The van der Waals surface area contributed by atoms with Crippen LogP contribution in [0.15, 0.2) is 72.9 Å². The molecule has 1 aliphatic heterocycles. The molecule has 1 atom stereocenters. The van der Waals surface area contributed by atoms with Gasteiger partial charge in [-0.3, -0.25) is 4.90 Å². The molecule has 2 heterocycles. The van der Waals surface area contributed by atoms with Crippen LogP contribution >= 0.6 is 0 Å². The van der Waals surface area contributed by atoms with Gasteiger partial charge in [-0.05, 0) is 35.2 Å². The van der Waals surface area contributed by atoms with E-state index in [2.05, 4.69) is 44.5 Å². The topological polar surface area (TPSA) is 54.3 Å². The van der Waals surface area contributed by atoms with Crippen molar-refractivity contribution in [3.63, 3.8) is 0 Å². The Morgan fingerprint density at radius 3 is 2.41 bits per heavy atom. The van der Waals surface area contributed by atoms with Gasteiger partial charge in [0.15, 0.2) is 0 Å². The van der Waals surface area contributed by atoms with Gasteiger partial charge in [0.05, 0.1) is 11.8 Å². The summed E-state index contributed by atoms with van der Waals surface area (Å²) in [5, 5.41) is 0. The van der Waals surface area contributed by atoms with E-state index in [-0.39, 0.29) is 11.8 Å². The molecule has 0 bridgehead atoms. The highest BCUT2D eigenvalue weighted by Crippen LogP contribution is 2.28. The van der Waals surface area contributed by atoms with Gasteiger partial charge < -0.3 is 4.57 Å². The highest BCUT2D eigenvalue weighted by Gasteiger charge is 2.27. The van der Waals surface area contributed by atoms with Crippen LogP contribution in [0.5, 0.6) is 0 Å². The van der Waals surface area contributed by atoms with Crippen molar-refractivity contribution in [2.75, 3.05) is 13.1 Å². The second-order valence-corrected chi connectivity index (χ2v) is 9.45. The van der Waals surface area contributed by atoms with E-state index in [0.29, 0.717) is 6.54 Å².